The zero-order valence-electron chi connectivity index (χ0n) is 24.5. The van der Waals surface area contributed by atoms with Gasteiger partial charge in [-0.05, 0) is 120 Å². The van der Waals surface area contributed by atoms with Crippen LogP contribution in [0.15, 0.2) is 0 Å². The van der Waals surface area contributed by atoms with Crippen molar-refractivity contribution < 1.29 is 33.4 Å². The van der Waals surface area contributed by atoms with Crippen molar-refractivity contribution in [2.75, 3.05) is 6.61 Å². The van der Waals surface area contributed by atoms with Gasteiger partial charge in [0.05, 0.1) is 0 Å². The second-order valence-corrected chi connectivity index (χ2v) is 14.0. The Morgan fingerprint density at radius 3 is 2.18 bits per heavy atom. The number of carbonyl (C=O) groups is 4. The molecule has 4 rings (SSSR count). The highest BCUT2D eigenvalue weighted by Gasteiger charge is 2.61. The van der Waals surface area contributed by atoms with E-state index in [-0.39, 0.29) is 23.2 Å². The Morgan fingerprint density at radius 1 is 0.842 bits per heavy atom. The van der Waals surface area contributed by atoms with Gasteiger partial charge in [0.1, 0.15) is 11.4 Å². The highest BCUT2D eigenvalue weighted by molar-refractivity contribution is 5.84. The highest BCUT2D eigenvalue weighted by Crippen LogP contribution is 2.68. The van der Waals surface area contributed by atoms with E-state index in [1.165, 1.54) is 33.1 Å². The van der Waals surface area contributed by atoms with Crippen LogP contribution in [0.5, 0.6) is 0 Å². The monoisotopic (exact) mass is 532 g/mol. The molecule has 38 heavy (non-hydrogen) atoms. The summed E-state index contributed by atoms with van der Waals surface area (Å²) in [6, 6.07) is 0. The molecule has 0 aromatic heterocycles. The molecule has 7 heteroatoms. The number of ether oxygens (including phenoxy) is 3. The van der Waals surface area contributed by atoms with E-state index in [0.29, 0.717) is 29.5 Å². The molecule has 4 saturated carbocycles. The number of hydrogen-bond donors (Lipinski definition) is 0. The summed E-state index contributed by atoms with van der Waals surface area (Å²) < 4.78 is 16.2. The SMILES string of the molecule is CCC(=O)OC(C)(C)C(=O)OCC(=O)O[C@]1(C)CC[C@@]2(C)[C@@H](CC[C@@H]3[C@@H]2CC[C@]2(C)[C@@H](C(C)=O)CC[C@@H]32)C1. The van der Waals surface area contributed by atoms with Crippen LogP contribution in [0.1, 0.15) is 113 Å². The summed E-state index contributed by atoms with van der Waals surface area (Å²) in [5, 5.41) is 0. The lowest BCUT2D eigenvalue weighted by molar-refractivity contribution is -0.191. The van der Waals surface area contributed by atoms with Crippen LogP contribution in [-0.4, -0.2) is 41.5 Å². The normalized spacial score (nSPS) is 40.2. The molecule has 0 aliphatic heterocycles. The standard InChI is InChI=1S/C31H48O7/c1-8-25(33)37-28(3,4)27(35)36-18-26(34)38-29(5)15-16-30(6)20(17-29)9-10-21-23-12-11-22(19(2)32)31(23,7)14-13-24(21)30/h20-24H,8-18H2,1-7H3/t20-,21-,22+,23-,24-,29+,30-,31+/m0/s1. The van der Waals surface area contributed by atoms with Gasteiger partial charge in [0.2, 0.25) is 5.60 Å². The molecular formula is C31H48O7. The Bertz CT molecular complexity index is 971. The summed E-state index contributed by atoms with van der Waals surface area (Å²) in [5.41, 5.74) is -1.65. The second kappa shape index (κ2) is 10.2. The van der Waals surface area contributed by atoms with Gasteiger partial charge in [-0.15, -0.1) is 0 Å². The Hall–Kier alpha value is -1.92. The third-order valence-corrected chi connectivity index (χ3v) is 11.3. The van der Waals surface area contributed by atoms with E-state index in [1.807, 2.05) is 6.92 Å². The molecule has 0 aromatic rings. The van der Waals surface area contributed by atoms with Crippen LogP contribution in [0.4, 0.5) is 0 Å². The average Bonchev–Trinajstić information content (AvgIpc) is 3.20. The summed E-state index contributed by atoms with van der Waals surface area (Å²) in [4.78, 5) is 49.1. The number of Topliss-reactive ketones (excluding diaryl/α,β-unsaturated/α-hetero) is 1. The summed E-state index contributed by atoms with van der Waals surface area (Å²) >= 11 is 0. The largest absolute Gasteiger partial charge is 0.457 e. The molecule has 7 nitrogen and oxygen atoms in total. The molecule has 0 aromatic carbocycles. The van der Waals surface area contributed by atoms with E-state index in [4.69, 9.17) is 14.2 Å². The lowest BCUT2D eigenvalue weighted by Gasteiger charge is -2.62. The summed E-state index contributed by atoms with van der Waals surface area (Å²) in [6.45, 7) is 12.7. The third kappa shape index (κ3) is 5.15. The average molecular weight is 533 g/mol. The first-order chi connectivity index (χ1) is 17.6. The van der Waals surface area contributed by atoms with Crippen molar-refractivity contribution in [1.82, 2.24) is 0 Å². The van der Waals surface area contributed by atoms with Crippen LogP contribution in [0.25, 0.3) is 0 Å². The van der Waals surface area contributed by atoms with Crippen LogP contribution < -0.4 is 0 Å². The lowest BCUT2D eigenvalue weighted by atomic mass is 9.44. The predicted octanol–water partition coefficient (Wildman–Crippen LogP) is 5.81. The molecule has 214 valence electrons. The van der Waals surface area contributed by atoms with Gasteiger partial charge in [-0.2, -0.15) is 0 Å². The minimum Gasteiger partial charge on any atom is -0.457 e. The maximum atomic E-state index is 12.7. The van der Waals surface area contributed by atoms with E-state index < -0.39 is 35.7 Å². The topological polar surface area (TPSA) is 96.0 Å². The number of rotatable bonds is 7. The van der Waals surface area contributed by atoms with Crippen LogP contribution in [0.3, 0.4) is 0 Å². The zero-order chi connectivity index (χ0) is 28.1. The van der Waals surface area contributed by atoms with Crippen LogP contribution >= 0.6 is 0 Å². The summed E-state index contributed by atoms with van der Waals surface area (Å²) in [6.07, 6.45) is 9.69. The van der Waals surface area contributed by atoms with Gasteiger partial charge in [-0.25, -0.2) is 9.59 Å². The first-order valence-electron chi connectivity index (χ1n) is 14.8. The van der Waals surface area contributed by atoms with E-state index in [0.717, 1.165) is 38.5 Å². The Morgan fingerprint density at radius 2 is 1.53 bits per heavy atom. The molecule has 0 saturated heterocycles. The van der Waals surface area contributed by atoms with Crippen molar-refractivity contribution in [1.29, 1.82) is 0 Å². The fraction of sp³-hybridized carbons (Fsp3) is 0.871. The minimum atomic E-state index is -1.46. The third-order valence-electron chi connectivity index (χ3n) is 11.3. The molecule has 0 unspecified atom stereocenters. The van der Waals surface area contributed by atoms with Crippen molar-refractivity contribution in [2.24, 2.45) is 40.4 Å². The van der Waals surface area contributed by atoms with E-state index in [1.54, 1.807) is 13.8 Å². The Kier molecular flexibility index (Phi) is 7.83. The van der Waals surface area contributed by atoms with Crippen molar-refractivity contribution in [3.8, 4) is 0 Å². The first kappa shape index (κ1) is 29.1. The smallest absolute Gasteiger partial charge is 0.350 e. The first-order valence-corrected chi connectivity index (χ1v) is 14.8. The number of hydrogen-bond acceptors (Lipinski definition) is 7. The molecule has 4 aliphatic carbocycles. The molecule has 0 bridgehead atoms. The van der Waals surface area contributed by atoms with E-state index >= 15 is 0 Å². The number of carbonyl (C=O) groups excluding carboxylic acids is 4. The van der Waals surface area contributed by atoms with E-state index in [2.05, 4.69) is 13.8 Å². The van der Waals surface area contributed by atoms with Crippen LogP contribution in [0, 0.1) is 40.4 Å². The van der Waals surface area contributed by atoms with Crippen molar-refractivity contribution >= 4 is 23.7 Å². The molecule has 0 amide bonds. The maximum Gasteiger partial charge on any atom is 0.350 e. The molecule has 4 aliphatic rings. The van der Waals surface area contributed by atoms with Crippen molar-refractivity contribution in [2.45, 2.75) is 124 Å². The number of esters is 3. The van der Waals surface area contributed by atoms with Crippen molar-refractivity contribution in [3.63, 3.8) is 0 Å². The van der Waals surface area contributed by atoms with Gasteiger partial charge >= 0.3 is 17.9 Å². The molecule has 4 fully saturated rings. The van der Waals surface area contributed by atoms with E-state index in [9.17, 15) is 19.2 Å². The van der Waals surface area contributed by atoms with Gasteiger partial charge in [0, 0.05) is 12.3 Å². The fourth-order valence-electron chi connectivity index (χ4n) is 9.18. The van der Waals surface area contributed by atoms with Crippen LogP contribution in [0.2, 0.25) is 0 Å². The maximum absolute atomic E-state index is 12.7. The minimum absolute atomic E-state index is 0.150. The van der Waals surface area contributed by atoms with Gasteiger partial charge in [0.15, 0.2) is 6.61 Å². The predicted molar refractivity (Wildman–Crippen MR) is 142 cm³/mol. The van der Waals surface area contributed by atoms with Gasteiger partial charge in [-0.1, -0.05) is 20.8 Å². The van der Waals surface area contributed by atoms with Gasteiger partial charge in [-0.3, -0.25) is 9.59 Å². The van der Waals surface area contributed by atoms with Crippen molar-refractivity contribution in [3.05, 3.63) is 0 Å². The van der Waals surface area contributed by atoms with Gasteiger partial charge < -0.3 is 14.2 Å². The number of ketones is 1. The molecule has 0 N–H and O–H groups in total. The summed E-state index contributed by atoms with van der Waals surface area (Å²) in [5.74, 6) is 1.26. The Labute approximate surface area is 228 Å². The molecule has 8 atom stereocenters. The lowest BCUT2D eigenvalue weighted by Crippen LogP contribution is -2.56. The van der Waals surface area contributed by atoms with Gasteiger partial charge in [0.25, 0.3) is 0 Å². The number of fused-ring (bicyclic) bond motifs is 5. The molecule has 0 radical (unpaired) electrons. The summed E-state index contributed by atoms with van der Waals surface area (Å²) in [7, 11) is 0. The molecule has 0 spiro atoms. The Balaban J connectivity index is 1.35. The van der Waals surface area contributed by atoms with Crippen LogP contribution in [-0.2, 0) is 33.4 Å². The second-order valence-electron chi connectivity index (χ2n) is 14.0. The zero-order valence-corrected chi connectivity index (χ0v) is 24.5. The molecular weight excluding hydrogens is 484 g/mol. The fourth-order valence-corrected chi connectivity index (χ4v) is 9.18. The highest BCUT2D eigenvalue weighted by atomic mass is 16.6. The quantitative estimate of drug-likeness (QED) is 0.301. The molecule has 0 heterocycles.